The number of anilines is 1. The third kappa shape index (κ3) is 4.70. The van der Waals surface area contributed by atoms with Crippen LogP contribution in [0.3, 0.4) is 0 Å². The van der Waals surface area contributed by atoms with Gasteiger partial charge in [-0.2, -0.15) is 5.10 Å². The number of nitrogens with two attached hydrogens (primary N) is 1. The van der Waals surface area contributed by atoms with Crippen molar-refractivity contribution < 1.29 is 9.53 Å². The molecule has 0 fully saturated rings. The van der Waals surface area contributed by atoms with Gasteiger partial charge in [-0.25, -0.2) is 5.43 Å². The molecule has 0 aliphatic heterocycles. The molecule has 0 aliphatic carbocycles. The van der Waals surface area contributed by atoms with Crippen LogP contribution in [-0.2, 0) is 6.61 Å². The van der Waals surface area contributed by atoms with E-state index in [2.05, 4.69) is 10.5 Å². The molecule has 26 heavy (non-hydrogen) atoms. The SMILES string of the molecule is Nc1ccccc1C(=O)N/N=C\c1ccc(OCc2ccccc2)cc1. The van der Waals surface area contributed by atoms with E-state index < -0.39 is 0 Å². The van der Waals surface area contributed by atoms with Crippen LogP contribution in [0, 0.1) is 0 Å². The topological polar surface area (TPSA) is 76.7 Å². The molecule has 0 aromatic heterocycles. The monoisotopic (exact) mass is 345 g/mol. The lowest BCUT2D eigenvalue weighted by Gasteiger charge is -2.06. The van der Waals surface area contributed by atoms with Gasteiger partial charge in [-0.05, 0) is 47.5 Å². The van der Waals surface area contributed by atoms with Crippen molar-refractivity contribution in [1.82, 2.24) is 5.43 Å². The molecule has 130 valence electrons. The van der Waals surface area contributed by atoms with Gasteiger partial charge < -0.3 is 10.5 Å². The minimum atomic E-state index is -0.345. The number of carbonyl (C=O) groups is 1. The molecule has 0 unspecified atom stereocenters. The fourth-order valence-corrected chi connectivity index (χ4v) is 2.32. The Morgan fingerprint density at radius 2 is 1.65 bits per heavy atom. The lowest BCUT2D eigenvalue weighted by atomic mass is 10.2. The van der Waals surface area contributed by atoms with Gasteiger partial charge >= 0.3 is 0 Å². The highest BCUT2D eigenvalue weighted by atomic mass is 16.5. The van der Waals surface area contributed by atoms with Gasteiger partial charge in [0, 0.05) is 5.69 Å². The summed E-state index contributed by atoms with van der Waals surface area (Å²) < 4.78 is 5.73. The van der Waals surface area contributed by atoms with Crippen LogP contribution < -0.4 is 15.9 Å². The van der Waals surface area contributed by atoms with Gasteiger partial charge in [0.2, 0.25) is 0 Å². The van der Waals surface area contributed by atoms with E-state index in [4.69, 9.17) is 10.5 Å². The first-order chi connectivity index (χ1) is 12.7. The number of nitrogen functional groups attached to an aromatic ring is 1. The lowest BCUT2D eigenvalue weighted by Crippen LogP contribution is -2.18. The zero-order valence-corrected chi connectivity index (χ0v) is 14.1. The van der Waals surface area contributed by atoms with E-state index in [-0.39, 0.29) is 5.91 Å². The van der Waals surface area contributed by atoms with Gasteiger partial charge in [0.15, 0.2) is 0 Å². The summed E-state index contributed by atoms with van der Waals surface area (Å²) in [4.78, 5) is 12.0. The molecule has 0 heterocycles. The maximum Gasteiger partial charge on any atom is 0.273 e. The first-order valence-electron chi connectivity index (χ1n) is 8.17. The van der Waals surface area contributed by atoms with E-state index in [1.165, 1.54) is 0 Å². The van der Waals surface area contributed by atoms with Crippen LogP contribution in [0.25, 0.3) is 0 Å². The van der Waals surface area contributed by atoms with Crippen LogP contribution in [0.2, 0.25) is 0 Å². The van der Waals surface area contributed by atoms with E-state index in [0.717, 1.165) is 16.9 Å². The highest BCUT2D eigenvalue weighted by molar-refractivity contribution is 5.99. The van der Waals surface area contributed by atoms with E-state index in [1.54, 1.807) is 30.5 Å². The Hall–Kier alpha value is -3.60. The van der Waals surface area contributed by atoms with Gasteiger partial charge in [-0.15, -0.1) is 0 Å². The fraction of sp³-hybridized carbons (Fsp3) is 0.0476. The van der Waals surface area contributed by atoms with Crippen LogP contribution in [0.15, 0.2) is 84.0 Å². The third-order valence-corrected chi connectivity index (χ3v) is 3.71. The summed E-state index contributed by atoms with van der Waals surface area (Å²) in [5.74, 6) is 0.425. The van der Waals surface area contributed by atoms with Gasteiger partial charge in [-0.1, -0.05) is 42.5 Å². The summed E-state index contributed by atoms with van der Waals surface area (Å²) in [6, 6.07) is 24.3. The van der Waals surface area contributed by atoms with Gasteiger partial charge in [0.05, 0.1) is 11.8 Å². The van der Waals surface area contributed by atoms with Crippen LogP contribution in [0.1, 0.15) is 21.5 Å². The Bertz CT molecular complexity index is 891. The number of nitrogens with zero attached hydrogens (tertiary/aromatic N) is 1. The Morgan fingerprint density at radius 1 is 0.962 bits per heavy atom. The average molecular weight is 345 g/mol. The highest BCUT2D eigenvalue weighted by Gasteiger charge is 2.06. The van der Waals surface area contributed by atoms with Crippen LogP contribution >= 0.6 is 0 Å². The summed E-state index contributed by atoms with van der Waals surface area (Å²) in [7, 11) is 0. The van der Waals surface area contributed by atoms with Crippen molar-refractivity contribution in [1.29, 1.82) is 0 Å². The Labute approximate surface area is 152 Å². The predicted molar refractivity (Wildman–Crippen MR) is 103 cm³/mol. The molecule has 3 aromatic rings. The van der Waals surface area contributed by atoms with Crippen molar-refractivity contribution in [3.8, 4) is 5.75 Å². The second-order valence-corrected chi connectivity index (χ2v) is 5.63. The number of nitrogens with one attached hydrogen (secondary N) is 1. The number of ether oxygens (including phenoxy) is 1. The van der Waals surface area contributed by atoms with Crippen LogP contribution in [0.5, 0.6) is 5.75 Å². The molecule has 3 rings (SSSR count). The Balaban J connectivity index is 1.53. The average Bonchev–Trinajstić information content (AvgIpc) is 2.68. The molecule has 0 saturated carbocycles. The van der Waals surface area contributed by atoms with E-state index in [1.807, 2.05) is 54.6 Å². The number of carbonyl (C=O) groups excluding carboxylic acids is 1. The van der Waals surface area contributed by atoms with Crippen molar-refractivity contribution in [2.75, 3.05) is 5.73 Å². The van der Waals surface area contributed by atoms with Crippen LogP contribution in [0.4, 0.5) is 5.69 Å². The molecule has 0 aliphatic rings. The molecule has 5 heteroatoms. The van der Waals surface area contributed by atoms with Crippen molar-refractivity contribution in [2.45, 2.75) is 6.61 Å². The zero-order valence-electron chi connectivity index (χ0n) is 14.1. The van der Waals surface area contributed by atoms with Crippen molar-refractivity contribution in [2.24, 2.45) is 5.10 Å². The van der Waals surface area contributed by atoms with Crippen LogP contribution in [-0.4, -0.2) is 12.1 Å². The second-order valence-electron chi connectivity index (χ2n) is 5.63. The normalized spacial score (nSPS) is 10.6. The molecule has 0 bridgehead atoms. The largest absolute Gasteiger partial charge is 0.489 e. The summed E-state index contributed by atoms with van der Waals surface area (Å²) in [6.07, 6.45) is 1.57. The van der Waals surface area contributed by atoms with Gasteiger partial charge in [0.1, 0.15) is 12.4 Å². The smallest absolute Gasteiger partial charge is 0.273 e. The maximum atomic E-state index is 12.0. The lowest BCUT2D eigenvalue weighted by molar-refractivity contribution is 0.0956. The maximum absolute atomic E-state index is 12.0. The van der Waals surface area contributed by atoms with E-state index in [0.29, 0.717) is 17.9 Å². The predicted octanol–water partition coefficient (Wildman–Crippen LogP) is 3.61. The quantitative estimate of drug-likeness (QED) is 0.407. The van der Waals surface area contributed by atoms with E-state index in [9.17, 15) is 4.79 Å². The second kappa shape index (κ2) is 8.48. The minimum absolute atomic E-state index is 0.345. The summed E-state index contributed by atoms with van der Waals surface area (Å²) >= 11 is 0. The highest BCUT2D eigenvalue weighted by Crippen LogP contribution is 2.13. The number of hydrazone groups is 1. The number of amides is 1. The molecule has 3 aromatic carbocycles. The minimum Gasteiger partial charge on any atom is -0.489 e. The van der Waals surface area contributed by atoms with Crippen molar-refractivity contribution in [3.63, 3.8) is 0 Å². The molecule has 0 spiro atoms. The number of hydrogen-bond donors (Lipinski definition) is 2. The van der Waals surface area contributed by atoms with Crippen molar-refractivity contribution >= 4 is 17.8 Å². The van der Waals surface area contributed by atoms with E-state index >= 15 is 0 Å². The molecule has 0 saturated heterocycles. The summed E-state index contributed by atoms with van der Waals surface area (Å²) in [6.45, 7) is 0.517. The molecule has 3 N–H and O–H groups in total. The molecular formula is C21H19N3O2. The zero-order chi connectivity index (χ0) is 18.2. The fourth-order valence-electron chi connectivity index (χ4n) is 2.32. The van der Waals surface area contributed by atoms with Gasteiger partial charge in [0.25, 0.3) is 5.91 Å². The number of hydrogen-bond acceptors (Lipinski definition) is 4. The van der Waals surface area contributed by atoms with Crippen molar-refractivity contribution in [3.05, 3.63) is 95.6 Å². The molecular weight excluding hydrogens is 326 g/mol. The standard InChI is InChI=1S/C21H19N3O2/c22-20-9-5-4-8-19(20)21(25)24-23-14-16-10-12-18(13-11-16)26-15-17-6-2-1-3-7-17/h1-14H,15,22H2,(H,24,25)/b23-14-. The summed E-state index contributed by atoms with van der Waals surface area (Å²) in [5, 5.41) is 3.96. The Morgan fingerprint density at radius 3 is 2.38 bits per heavy atom. The first kappa shape index (κ1) is 17.2. The Kier molecular flexibility index (Phi) is 5.62. The van der Waals surface area contributed by atoms with Gasteiger partial charge in [-0.3, -0.25) is 4.79 Å². The molecule has 0 radical (unpaired) electrons. The summed E-state index contributed by atoms with van der Waals surface area (Å²) in [5.41, 5.74) is 11.0. The number of benzene rings is 3. The number of para-hydroxylation sites is 1. The molecule has 0 atom stereocenters. The molecule has 1 amide bonds. The third-order valence-electron chi connectivity index (χ3n) is 3.71. The first-order valence-corrected chi connectivity index (χ1v) is 8.17. The number of rotatable bonds is 6. The molecule has 5 nitrogen and oxygen atoms in total.